The highest BCUT2D eigenvalue weighted by Crippen LogP contribution is 2.44. The fraction of sp³-hybridized carbons (Fsp3) is 0.370. The van der Waals surface area contributed by atoms with Gasteiger partial charge in [0.15, 0.2) is 0 Å². The lowest BCUT2D eigenvalue weighted by molar-refractivity contribution is -0.165. The average molecular weight is 461 g/mol. The van der Waals surface area contributed by atoms with Crippen LogP contribution in [0.4, 0.5) is 4.79 Å². The number of benzene rings is 2. The van der Waals surface area contributed by atoms with Gasteiger partial charge in [0.05, 0.1) is 11.5 Å². The number of alkyl carbamates (subject to hydrolysis) is 1. The van der Waals surface area contributed by atoms with Crippen LogP contribution in [0.15, 0.2) is 60.7 Å². The van der Waals surface area contributed by atoms with Crippen molar-refractivity contribution in [1.29, 1.82) is 0 Å². The van der Waals surface area contributed by atoms with Gasteiger partial charge in [0.25, 0.3) is 0 Å². The summed E-state index contributed by atoms with van der Waals surface area (Å²) < 4.78 is 5.63. The third-order valence-electron chi connectivity index (χ3n) is 7.23. The number of allylic oxidation sites excluding steroid dienone is 1. The van der Waals surface area contributed by atoms with Gasteiger partial charge in [0.2, 0.25) is 5.91 Å². The first-order chi connectivity index (χ1) is 16.4. The van der Waals surface area contributed by atoms with Crippen molar-refractivity contribution in [2.24, 2.45) is 11.3 Å². The summed E-state index contributed by atoms with van der Waals surface area (Å²) in [6, 6.07) is 16.1. The van der Waals surface area contributed by atoms with Gasteiger partial charge in [-0.25, -0.2) is 4.79 Å². The Morgan fingerprint density at radius 3 is 2.29 bits per heavy atom. The van der Waals surface area contributed by atoms with Crippen molar-refractivity contribution < 1.29 is 24.2 Å². The van der Waals surface area contributed by atoms with E-state index in [0.717, 1.165) is 11.1 Å². The van der Waals surface area contributed by atoms with E-state index >= 15 is 0 Å². The zero-order valence-corrected chi connectivity index (χ0v) is 19.1. The first-order valence-electron chi connectivity index (χ1n) is 11.7. The molecule has 0 radical (unpaired) electrons. The minimum atomic E-state index is -0.880. The molecule has 2 atom stereocenters. The number of carbonyl (C=O) groups is 3. The van der Waals surface area contributed by atoms with E-state index in [1.807, 2.05) is 36.4 Å². The molecule has 2 N–H and O–H groups in total. The number of hydrogen-bond acceptors (Lipinski definition) is 4. The molecule has 7 nitrogen and oxygen atoms in total. The molecule has 2 unspecified atom stereocenters. The number of likely N-dealkylation sites (tertiary alicyclic amines) is 1. The van der Waals surface area contributed by atoms with Crippen LogP contribution >= 0.6 is 0 Å². The zero-order valence-electron chi connectivity index (χ0n) is 19.1. The molecule has 2 aromatic rings. The highest BCUT2D eigenvalue weighted by Gasteiger charge is 2.48. The number of amides is 2. The van der Waals surface area contributed by atoms with E-state index in [-0.39, 0.29) is 43.5 Å². The molecule has 3 aliphatic rings. The molecule has 2 amide bonds. The predicted octanol–water partition coefficient (Wildman–Crippen LogP) is 3.79. The van der Waals surface area contributed by atoms with Crippen LogP contribution in [-0.4, -0.2) is 53.7 Å². The van der Waals surface area contributed by atoms with E-state index in [1.165, 1.54) is 11.1 Å². The van der Waals surface area contributed by atoms with Crippen LogP contribution in [0, 0.1) is 11.3 Å². The normalized spacial score (nSPS) is 22.3. The maximum Gasteiger partial charge on any atom is 0.407 e. The van der Waals surface area contributed by atoms with Crippen molar-refractivity contribution in [2.45, 2.75) is 31.7 Å². The van der Waals surface area contributed by atoms with Gasteiger partial charge < -0.3 is 20.1 Å². The lowest BCUT2D eigenvalue weighted by Gasteiger charge is -2.46. The molecule has 0 spiro atoms. The summed E-state index contributed by atoms with van der Waals surface area (Å²) in [5.41, 5.74) is 3.80. The Bertz CT molecular complexity index is 1120. The maximum atomic E-state index is 12.8. The van der Waals surface area contributed by atoms with Gasteiger partial charge in [0.1, 0.15) is 6.61 Å². The lowest BCUT2D eigenvalue weighted by Crippen LogP contribution is -2.62. The molecule has 2 aliphatic carbocycles. The number of carboxylic acid groups (broad SMARTS) is 1. The number of nitrogens with zero attached hydrogens (tertiary/aromatic N) is 1. The minimum Gasteiger partial charge on any atom is -0.481 e. The highest BCUT2D eigenvalue weighted by atomic mass is 16.5. The Balaban J connectivity index is 1.16. The summed E-state index contributed by atoms with van der Waals surface area (Å²) >= 11 is 0. The van der Waals surface area contributed by atoms with Crippen molar-refractivity contribution in [1.82, 2.24) is 10.2 Å². The molecule has 0 bridgehead atoms. The second-order valence-electron chi connectivity index (χ2n) is 9.73. The Morgan fingerprint density at radius 1 is 1.06 bits per heavy atom. The van der Waals surface area contributed by atoms with Gasteiger partial charge in [-0.2, -0.15) is 0 Å². The quantitative estimate of drug-likeness (QED) is 0.662. The Labute approximate surface area is 198 Å². The largest absolute Gasteiger partial charge is 0.481 e. The van der Waals surface area contributed by atoms with Crippen LogP contribution < -0.4 is 5.32 Å². The Hall–Kier alpha value is -3.61. The van der Waals surface area contributed by atoms with Crippen LogP contribution in [0.5, 0.6) is 0 Å². The molecule has 1 heterocycles. The van der Waals surface area contributed by atoms with Gasteiger partial charge in [-0.1, -0.05) is 60.7 Å². The van der Waals surface area contributed by atoms with Gasteiger partial charge >= 0.3 is 12.1 Å². The van der Waals surface area contributed by atoms with Crippen molar-refractivity contribution >= 4 is 18.0 Å². The number of carboxylic acids is 1. The van der Waals surface area contributed by atoms with E-state index in [0.29, 0.717) is 12.8 Å². The molecular weight excluding hydrogens is 432 g/mol. The molecule has 34 heavy (non-hydrogen) atoms. The molecule has 2 aromatic carbocycles. The van der Waals surface area contributed by atoms with Crippen LogP contribution in [0.2, 0.25) is 0 Å². The summed E-state index contributed by atoms with van der Waals surface area (Å²) in [5, 5.41) is 12.1. The number of nitrogens with one attached hydrogen (secondary N) is 1. The van der Waals surface area contributed by atoms with E-state index in [9.17, 15) is 19.5 Å². The monoisotopic (exact) mass is 460 g/mol. The highest BCUT2D eigenvalue weighted by molar-refractivity contribution is 5.85. The number of hydrogen-bond donors (Lipinski definition) is 2. The predicted molar refractivity (Wildman–Crippen MR) is 126 cm³/mol. The smallest absolute Gasteiger partial charge is 0.407 e. The van der Waals surface area contributed by atoms with Crippen molar-refractivity contribution in [3.63, 3.8) is 0 Å². The maximum absolute atomic E-state index is 12.8. The first kappa shape index (κ1) is 22.2. The lowest BCUT2D eigenvalue weighted by atomic mass is 9.80. The summed E-state index contributed by atoms with van der Waals surface area (Å²) in [5.74, 6) is -1.22. The Kier molecular flexibility index (Phi) is 5.63. The number of aliphatic carboxylic acids is 1. The average Bonchev–Trinajstić information content (AvgIpc) is 3.14. The molecular formula is C27H28N2O5. The van der Waals surface area contributed by atoms with Gasteiger partial charge in [-0.15, -0.1) is 0 Å². The summed E-state index contributed by atoms with van der Waals surface area (Å²) in [6.07, 6.45) is 4.34. The van der Waals surface area contributed by atoms with E-state index < -0.39 is 17.5 Å². The van der Waals surface area contributed by atoms with Crippen LogP contribution in [0.25, 0.3) is 11.1 Å². The minimum absolute atomic E-state index is 0.00987. The van der Waals surface area contributed by atoms with Gasteiger partial charge in [-0.05, 0) is 42.0 Å². The van der Waals surface area contributed by atoms with Crippen molar-refractivity contribution in [3.8, 4) is 11.1 Å². The van der Waals surface area contributed by atoms with E-state index in [4.69, 9.17) is 4.74 Å². The Morgan fingerprint density at radius 2 is 1.68 bits per heavy atom. The molecule has 1 fully saturated rings. The number of fused-ring (bicyclic) bond motifs is 3. The number of rotatable bonds is 5. The third-order valence-corrected chi connectivity index (χ3v) is 7.23. The van der Waals surface area contributed by atoms with Crippen molar-refractivity contribution in [2.75, 3.05) is 19.7 Å². The summed E-state index contributed by atoms with van der Waals surface area (Å²) in [6.45, 7) is 2.35. The molecule has 0 saturated carbocycles. The third kappa shape index (κ3) is 3.95. The van der Waals surface area contributed by atoms with E-state index in [1.54, 1.807) is 11.8 Å². The summed E-state index contributed by atoms with van der Waals surface area (Å²) in [4.78, 5) is 38.3. The standard InChI is InChI=1S/C27H28N2O5/c1-27(25(31)32)15-29(16-27)24(30)17-7-6-8-18(13-17)28-26(33)34-14-23-21-11-4-2-9-19(21)20-10-3-5-12-22(20)23/h2-6,8-12,17-18,23H,7,13-16H2,1H3,(H,28,33)(H,31,32). The first-order valence-corrected chi connectivity index (χ1v) is 11.7. The van der Waals surface area contributed by atoms with Crippen molar-refractivity contribution in [3.05, 3.63) is 71.8 Å². The molecule has 0 aromatic heterocycles. The fourth-order valence-electron chi connectivity index (χ4n) is 5.33. The number of ether oxygens (including phenoxy) is 1. The number of carbonyl (C=O) groups excluding carboxylic acids is 2. The molecule has 5 rings (SSSR count). The van der Waals surface area contributed by atoms with Gasteiger partial charge in [-0.3, -0.25) is 9.59 Å². The second kappa shape index (κ2) is 8.63. The fourth-order valence-corrected chi connectivity index (χ4v) is 5.33. The van der Waals surface area contributed by atoms with Crippen LogP contribution in [0.3, 0.4) is 0 Å². The molecule has 1 saturated heterocycles. The van der Waals surface area contributed by atoms with Gasteiger partial charge in [0, 0.05) is 24.9 Å². The van der Waals surface area contributed by atoms with Crippen LogP contribution in [-0.2, 0) is 14.3 Å². The zero-order chi connectivity index (χ0) is 23.9. The molecule has 176 valence electrons. The SMILES string of the molecule is CC1(C(=O)O)CN(C(=O)C2CC=CC(NC(=O)OCC3c4ccccc4-c4ccccc43)C2)C1. The molecule has 7 heteroatoms. The van der Waals surface area contributed by atoms with Crippen LogP contribution in [0.1, 0.15) is 36.8 Å². The topological polar surface area (TPSA) is 95.9 Å². The van der Waals surface area contributed by atoms with E-state index in [2.05, 4.69) is 29.6 Å². The second-order valence-corrected chi connectivity index (χ2v) is 9.73. The summed E-state index contributed by atoms with van der Waals surface area (Å²) in [7, 11) is 0. The molecule has 1 aliphatic heterocycles.